The van der Waals surface area contributed by atoms with Gasteiger partial charge in [0.1, 0.15) is 6.10 Å². The average molecular weight is 174 g/mol. The summed E-state index contributed by atoms with van der Waals surface area (Å²) >= 11 is 0. The Labute approximate surface area is 73.6 Å². The largest absolute Gasteiger partial charge is 0.387 e. The monoisotopic (exact) mass is 174 g/mol. The highest BCUT2D eigenvalue weighted by molar-refractivity contribution is 5.00. The third-order valence-electron chi connectivity index (χ3n) is 2.72. The van der Waals surface area contributed by atoms with Crippen LogP contribution in [0.15, 0.2) is 0 Å². The molecule has 12 heavy (non-hydrogen) atoms. The van der Waals surface area contributed by atoms with Crippen LogP contribution >= 0.6 is 0 Å². The molecular weight excluding hydrogens is 156 g/mol. The summed E-state index contributed by atoms with van der Waals surface area (Å²) in [5.74, 6) is 0. The molecule has 3 heteroatoms. The van der Waals surface area contributed by atoms with Gasteiger partial charge in [-0.25, -0.2) is 9.78 Å². The molecule has 0 aromatic heterocycles. The van der Waals surface area contributed by atoms with Crippen LogP contribution in [-0.2, 0) is 9.78 Å². The smallest absolute Gasteiger partial charge is 0.158 e. The Bertz CT molecular complexity index is 162. The van der Waals surface area contributed by atoms with Crippen molar-refractivity contribution in [3.8, 4) is 0 Å². The predicted octanol–water partition coefficient (Wildman–Crippen LogP) is 1.65. The Morgan fingerprint density at radius 2 is 2.08 bits per heavy atom. The first kappa shape index (κ1) is 9.96. The molecule has 2 unspecified atom stereocenters. The SMILES string of the molecule is CCCC1OOC1(C)C(C)(C)O. The predicted molar refractivity (Wildman–Crippen MR) is 45.6 cm³/mol. The average Bonchev–Trinajstić information content (AvgIpc) is 1.94. The van der Waals surface area contributed by atoms with Gasteiger partial charge in [0.15, 0.2) is 5.60 Å². The van der Waals surface area contributed by atoms with Crippen molar-refractivity contribution in [2.45, 2.75) is 57.8 Å². The molecule has 0 amide bonds. The molecule has 1 heterocycles. The van der Waals surface area contributed by atoms with E-state index in [9.17, 15) is 5.11 Å². The Balaban J connectivity index is 2.61. The molecule has 2 atom stereocenters. The standard InChI is InChI=1S/C9H18O3/c1-5-6-7-9(4,12-11-7)8(2,3)10/h7,10H,5-6H2,1-4H3. The number of hydrogen-bond acceptors (Lipinski definition) is 3. The maximum absolute atomic E-state index is 9.79. The van der Waals surface area contributed by atoms with Gasteiger partial charge in [-0.2, -0.15) is 0 Å². The summed E-state index contributed by atoms with van der Waals surface area (Å²) in [5, 5.41) is 9.79. The van der Waals surface area contributed by atoms with Crippen LogP contribution in [0, 0.1) is 0 Å². The molecule has 0 bridgehead atoms. The van der Waals surface area contributed by atoms with Crippen molar-refractivity contribution < 1.29 is 14.9 Å². The third kappa shape index (κ3) is 1.37. The van der Waals surface area contributed by atoms with Gasteiger partial charge in [-0.1, -0.05) is 13.3 Å². The van der Waals surface area contributed by atoms with Gasteiger partial charge in [-0.3, -0.25) is 0 Å². The molecule has 1 N–H and O–H groups in total. The lowest BCUT2D eigenvalue weighted by molar-refractivity contribution is -0.530. The summed E-state index contributed by atoms with van der Waals surface area (Å²) < 4.78 is 0. The highest BCUT2D eigenvalue weighted by Gasteiger charge is 2.56. The maximum Gasteiger partial charge on any atom is 0.158 e. The van der Waals surface area contributed by atoms with E-state index in [1.807, 2.05) is 6.92 Å². The molecule has 1 rings (SSSR count). The molecule has 0 radical (unpaired) electrons. The van der Waals surface area contributed by atoms with Crippen LogP contribution in [0.25, 0.3) is 0 Å². The molecule has 0 saturated carbocycles. The summed E-state index contributed by atoms with van der Waals surface area (Å²) in [4.78, 5) is 9.95. The number of aliphatic hydroxyl groups is 1. The fraction of sp³-hybridized carbons (Fsp3) is 1.00. The molecule has 1 aliphatic rings. The van der Waals surface area contributed by atoms with Crippen LogP contribution in [-0.4, -0.2) is 22.4 Å². The molecule has 1 saturated heterocycles. The summed E-state index contributed by atoms with van der Waals surface area (Å²) in [6.45, 7) is 7.47. The highest BCUT2D eigenvalue weighted by atomic mass is 17.3. The zero-order chi connectivity index (χ0) is 9.41. The Hall–Kier alpha value is -0.120. The second-order valence-electron chi connectivity index (χ2n) is 4.12. The molecular formula is C9H18O3. The van der Waals surface area contributed by atoms with Gasteiger partial charge < -0.3 is 5.11 Å². The zero-order valence-electron chi connectivity index (χ0n) is 8.26. The van der Waals surface area contributed by atoms with E-state index in [1.165, 1.54) is 0 Å². The molecule has 1 aliphatic heterocycles. The topological polar surface area (TPSA) is 38.7 Å². The van der Waals surface area contributed by atoms with E-state index in [0.29, 0.717) is 0 Å². The van der Waals surface area contributed by atoms with Crippen LogP contribution in [0.3, 0.4) is 0 Å². The number of hydrogen-bond donors (Lipinski definition) is 1. The second-order valence-corrected chi connectivity index (χ2v) is 4.12. The van der Waals surface area contributed by atoms with E-state index in [2.05, 4.69) is 6.92 Å². The van der Waals surface area contributed by atoms with Gasteiger partial charge in [-0.15, -0.1) is 0 Å². The minimum absolute atomic E-state index is 0.0301. The summed E-state index contributed by atoms with van der Waals surface area (Å²) in [6, 6.07) is 0. The molecule has 0 aliphatic carbocycles. The summed E-state index contributed by atoms with van der Waals surface area (Å²) in [6.07, 6.45) is 2.00. The van der Waals surface area contributed by atoms with Crippen LogP contribution in [0.1, 0.15) is 40.5 Å². The maximum atomic E-state index is 9.79. The minimum atomic E-state index is -0.842. The Kier molecular flexibility index (Phi) is 2.47. The van der Waals surface area contributed by atoms with Crippen molar-refractivity contribution >= 4 is 0 Å². The Morgan fingerprint density at radius 3 is 2.33 bits per heavy atom. The van der Waals surface area contributed by atoms with E-state index in [0.717, 1.165) is 12.8 Å². The molecule has 3 nitrogen and oxygen atoms in total. The molecule has 1 fully saturated rings. The first-order valence-electron chi connectivity index (χ1n) is 4.48. The fourth-order valence-corrected chi connectivity index (χ4v) is 1.34. The molecule has 72 valence electrons. The molecule has 0 aromatic carbocycles. The third-order valence-corrected chi connectivity index (χ3v) is 2.72. The Morgan fingerprint density at radius 1 is 1.50 bits per heavy atom. The van der Waals surface area contributed by atoms with Crippen molar-refractivity contribution in [1.82, 2.24) is 0 Å². The fourth-order valence-electron chi connectivity index (χ4n) is 1.34. The normalized spacial score (nSPS) is 36.2. The van der Waals surface area contributed by atoms with Crippen molar-refractivity contribution in [3.63, 3.8) is 0 Å². The van der Waals surface area contributed by atoms with Gasteiger partial charge in [0.25, 0.3) is 0 Å². The lowest BCUT2D eigenvalue weighted by Crippen LogP contribution is -2.65. The van der Waals surface area contributed by atoms with E-state index >= 15 is 0 Å². The minimum Gasteiger partial charge on any atom is -0.387 e. The van der Waals surface area contributed by atoms with Crippen LogP contribution in [0.4, 0.5) is 0 Å². The van der Waals surface area contributed by atoms with E-state index in [1.54, 1.807) is 13.8 Å². The molecule has 0 spiro atoms. The summed E-state index contributed by atoms with van der Waals surface area (Å²) in [5.41, 5.74) is -1.38. The van der Waals surface area contributed by atoms with E-state index in [4.69, 9.17) is 9.78 Å². The van der Waals surface area contributed by atoms with Crippen molar-refractivity contribution in [1.29, 1.82) is 0 Å². The molecule has 0 aromatic rings. The van der Waals surface area contributed by atoms with Crippen LogP contribution in [0.2, 0.25) is 0 Å². The van der Waals surface area contributed by atoms with Crippen molar-refractivity contribution in [3.05, 3.63) is 0 Å². The number of rotatable bonds is 3. The first-order chi connectivity index (χ1) is 5.42. The lowest BCUT2D eigenvalue weighted by Gasteiger charge is -2.51. The van der Waals surface area contributed by atoms with Gasteiger partial charge in [0.2, 0.25) is 0 Å². The van der Waals surface area contributed by atoms with Crippen LogP contribution in [0.5, 0.6) is 0 Å². The van der Waals surface area contributed by atoms with Gasteiger partial charge in [0.05, 0.1) is 5.60 Å². The second kappa shape index (κ2) is 2.98. The summed E-state index contributed by atoms with van der Waals surface area (Å²) in [7, 11) is 0. The van der Waals surface area contributed by atoms with E-state index in [-0.39, 0.29) is 6.10 Å². The van der Waals surface area contributed by atoms with Gasteiger partial charge in [0, 0.05) is 0 Å². The van der Waals surface area contributed by atoms with Gasteiger partial charge >= 0.3 is 0 Å². The highest BCUT2D eigenvalue weighted by Crippen LogP contribution is 2.41. The van der Waals surface area contributed by atoms with Gasteiger partial charge in [-0.05, 0) is 27.2 Å². The lowest BCUT2D eigenvalue weighted by atomic mass is 9.80. The van der Waals surface area contributed by atoms with Crippen molar-refractivity contribution in [2.24, 2.45) is 0 Å². The van der Waals surface area contributed by atoms with E-state index < -0.39 is 11.2 Å². The first-order valence-corrected chi connectivity index (χ1v) is 4.48. The van der Waals surface area contributed by atoms with Crippen LogP contribution < -0.4 is 0 Å². The quantitative estimate of drug-likeness (QED) is 0.661. The van der Waals surface area contributed by atoms with Crippen molar-refractivity contribution in [2.75, 3.05) is 0 Å². The zero-order valence-corrected chi connectivity index (χ0v) is 8.26.